The molecule has 0 saturated heterocycles. The number of anilines is 1. The van der Waals surface area contributed by atoms with Crippen LogP contribution in [0.4, 0.5) is 19.3 Å². The molecule has 14 heteroatoms. The van der Waals surface area contributed by atoms with Crippen LogP contribution in [-0.4, -0.2) is 60.7 Å². The molecular weight excluding hydrogens is 622 g/mol. The molecule has 1 aliphatic rings. The third-order valence-corrected chi connectivity index (χ3v) is 7.73. The molecule has 3 heterocycles. The highest BCUT2D eigenvalue weighted by molar-refractivity contribution is 7.99. The van der Waals surface area contributed by atoms with Gasteiger partial charge in [0.05, 0.1) is 31.9 Å². The van der Waals surface area contributed by atoms with Gasteiger partial charge in [0.15, 0.2) is 17.2 Å². The van der Waals surface area contributed by atoms with E-state index in [1.54, 1.807) is 12.1 Å². The molecule has 0 spiro atoms. The Bertz CT molecular complexity index is 1920. The van der Waals surface area contributed by atoms with Crippen LogP contribution in [-0.2, 0) is 9.47 Å². The van der Waals surface area contributed by atoms with Crippen LogP contribution in [0.15, 0.2) is 88.0 Å². The van der Waals surface area contributed by atoms with Crippen molar-refractivity contribution >= 4 is 34.4 Å². The quantitative estimate of drug-likeness (QED) is 0.224. The van der Waals surface area contributed by atoms with Crippen molar-refractivity contribution in [3.8, 4) is 28.4 Å². The Kier molecular flexibility index (Phi) is 9.67. The van der Waals surface area contributed by atoms with E-state index < -0.39 is 23.2 Å². The van der Waals surface area contributed by atoms with E-state index in [1.807, 2.05) is 0 Å². The van der Waals surface area contributed by atoms with Gasteiger partial charge in [-0.25, -0.2) is 23.5 Å². The highest BCUT2D eigenvalue weighted by Gasteiger charge is 2.17. The third kappa shape index (κ3) is 7.42. The first-order valence-corrected chi connectivity index (χ1v) is 14.9. The topological polar surface area (TPSA) is 134 Å². The third-order valence-electron chi connectivity index (χ3n) is 6.66. The number of ether oxygens (including phenoxy) is 5. The van der Waals surface area contributed by atoms with Crippen LogP contribution >= 0.6 is 11.8 Å². The first-order chi connectivity index (χ1) is 22.4. The largest absolute Gasteiger partial charge is 0.487 e. The van der Waals surface area contributed by atoms with Crippen LogP contribution in [0.3, 0.4) is 0 Å². The maximum absolute atomic E-state index is 15.3. The molecule has 0 fully saturated rings. The van der Waals surface area contributed by atoms with Crippen LogP contribution in [0.1, 0.15) is 0 Å². The van der Waals surface area contributed by atoms with Crippen molar-refractivity contribution in [1.82, 2.24) is 15.0 Å². The number of carbonyl (C=O) groups excluding carboxylic acids is 1. The zero-order chi connectivity index (χ0) is 31.9. The van der Waals surface area contributed by atoms with Gasteiger partial charge in [-0.3, -0.25) is 10.1 Å². The van der Waals surface area contributed by atoms with Gasteiger partial charge in [0.1, 0.15) is 36.2 Å². The number of rotatable bonds is 5. The average molecular weight is 649 g/mol. The molecule has 6 rings (SSSR count). The van der Waals surface area contributed by atoms with Crippen molar-refractivity contribution in [3.63, 3.8) is 0 Å². The number of amides is 1. The number of aromatic amines is 1. The first kappa shape index (κ1) is 31.0. The van der Waals surface area contributed by atoms with Crippen molar-refractivity contribution in [2.45, 2.75) is 9.92 Å². The number of nitrogens with one attached hydrogen (secondary N) is 2. The fraction of sp³-hybridized carbons (Fsp3) is 0.188. The van der Waals surface area contributed by atoms with E-state index in [1.165, 1.54) is 55.1 Å². The van der Waals surface area contributed by atoms with Gasteiger partial charge in [-0.05, 0) is 42.0 Å². The molecule has 1 aliphatic heterocycles. The van der Waals surface area contributed by atoms with Crippen molar-refractivity contribution in [2.24, 2.45) is 0 Å². The first-order valence-electron chi connectivity index (χ1n) is 14.1. The lowest BCUT2D eigenvalue weighted by atomic mass is 10.1. The predicted octanol–water partition coefficient (Wildman–Crippen LogP) is 5.83. The summed E-state index contributed by atoms with van der Waals surface area (Å²) in [6.45, 7) is 2.28. The number of aromatic nitrogens is 3. The van der Waals surface area contributed by atoms with Crippen LogP contribution in [0.2, 0.25) is 0 Å². The molecule has 0 radical (unpaired) electrons. The molecule has 11 nitrogen and oxygen atoms in total. The fourth-order valence-corrected chi connectivity index (χ4v) is 5.36. The van der Waals surface area contributed by atoms with Crippen LogP contribution in [0.25, 0.3) is 22.0 Å². The standard InChI is InChI=1S/C32H26F2N4O7S/c33-20-3-1-19(2-4-20)23-16-35-17-28(30(23)39)45-32(40)38-21-5-6-29(24(34)13-21)46-31-22-14-26-27(15-25(22)36-18-37-31)44-12-10-42-8-7-41-9-11-43-26/h1-6,13-18H,7-12H2,(H,35,39)(H,38,40). The second kappa shape index (κ2) is 14.4. The number of carbonyl (C=O) groups is 1. The number of pyridine rings is 1. The number of nitrogens with zero attached hydrogens (tertiary/aromatic N) is 2. The zero-order valence-corrected chi connectivity index (χ0v) is 24.9. The van der Waals surface area contributed by atoms with E-state index in [2.05, 4.69) is 20.3 Å². The fourth-order valence-electron chi connectivity index (χ4n) is 4.48. The van der Waals surface area contributed by atoms with Gasteiger partial charge < -0.3 is 28.7 Å². The summed E-state index contributed by atoms with van der Waals surface area (Å²) in [5.41, 5.74) is 0.708. The van der Waals surface area contributed by atoms with Crippen molar-refractivity contribution in [3.05, 3.63) is 95.2 Å². The van der Waals surface area contributed by atoms with Crippen molar-refractivity contribution in [2.75, 3.05) is 45.0 Å². The van der Waals surface area contributed by atoms with Crippen LogP contribution in [0.5, 0.6) is 17.2 Å². The molecule has 1 amide bonds. The van der Waals surface area contributed by atoms with Gasteiger partial charge in [-0.1, -0.05) is 23.9 Å². The minimum Gasteiger partial charge on any atom is -0.487 e. The van der Waals surface area contributed by atoms with E-state index in [9.17, 15) is 14.0 Å². The summed E-state index contributed by atoms with van der Waals surface area (Å²) in [6, 6.07) is 12.9. The van der Waals surface area contributed by atoms with E-state index >= 15 is 4.39 Å². The Balaban J connectivity index is 1.16. The minimum atomic E-state index is -1.00. The Morgan fingerprint density at radius 2 is 1.59 bits per heavy atom. The van der Waals surface area contributed by atoms with E-state index in [4.69, 9.17) is 23.7 Å². The average Bonchev–Trinajstić information content (AvgIpc) is 3.04. The molecule has 0 aliphatic carbocycles. The number of H-pyrrole nitrogens is 1. The number of hydrogen-bond acceptors (Lipinski definition) is 10. The summed E-state index contributed by atoms with van der Waals surface area (Å²) in [6.07, 6.45) is 3.00. The Hall–Kier alpha value is -5.05. The number of hydrogen-bond donors (Lipinski definition) is 2. The molecule has 236 valence electrons. The normalized spacial score (nSPS) is 13.8. The Labute approximate surface area is 264 Å². The molecule has 5 aromatic rings. The zero-order valence-electron chi connectivity index (χ0n) is 24.1. The molecule has 0 unspecified atom stereocenters. The minimum absolute atomic E-state index is 0.0994. The van der Waals surface area contributed by atoms with Gasteiger partial charge in [-0.2, -0.15) is 0 Å². The van der Waals surface area contributed by atoms with Gasteiger partial charge in [0.2, 0.25) is 5.43 Å². The highest BCUT2D eigenvalue weighted by Crippen LogP contribution is 2.38. The monoisotopic (exact) mass is 648 g/mol. The molecule has 0 atom stereocenters. The van der Waals surface area contributed by atoms with Crippen molar-refractivity contribution < 1.29 is 37.3 Å². The van der Waals surface area contributed by atoms with E-state index in [0.717, 1.165) is 17.8 Å². The SMILES string of the molecule is O=C(Nc1ccc(Sc2ncnc3cc4c(cc23)OCCOCCOCCO4)c(F)c1)Oc1c[nH]cc(-c2ccc(F)cc2)c1=O. The second-order valence-corrected chi connectivity index (χ2v) is 10.8. The summed E-state index contributed by atoms with van der Waals surface area (Å²) in [4.78, 5) is 37.1. The molecule has 0 bridgehead atoms. The summed E-state index contributed by atoms with van der Waals surface area (Å²) in [7, 11) is 0. The molecule has 0 saturated carbocycles. The maximum Gasteiger partial charge on any atom is 0.417 e. The van der Waals surface area contributed by atoms with E-state index in [-0.39, 0.29) is 28.5 Å². The molecule has 2 N–H and O–H groups in total. The second-order valence-electron chi connectivity index (χ2n) is 9.75. The lowest BCUT2D eigenvalue weighted by Gasteiger charge is -2.16. The number of fused-ring (bicyclic) bond motifs is 2. The maximum atomic E-state index is 15.3. The van der Waals surface area contributed by atoms with Gasteiger partial charge in [0.25, 0.3) is 0 Å². The predicted molar refractivity (Wildman–Crippen MR) is 165 cm³/mol. The highest BCUT2D eigenvalue weighted by atomic mass is 32.2. The van der Waals surface area contributed by atoms with Gasteiger partial charge in [0, 0.05) is 40.0 Å². The summed E-state index contributed by atoms with van der Waals surface area (Å²) < 4.78 is 56.5. The lowest BCUT2D eigenvalue weighted by Crippen LogP contribution is -2.21. The molecule has 46 heavy (non-hydrogen) atoms. The number of halogens is 2. The summed E-state index contributed by atoms with van der Waals surface area (Å²) in [5.74, 6) is -0.415. The molecule has 2 aromatic heterocycles. The smallest absolute Gasteiger partial charge is 0.417 e. The Morgan fingerprint density at radius 3 is 2.33 bits per heavy atom. The Morgan fingerprint density at radius 1 is 0.870 bits per heavy atom. The van der Waals surface area contributed by atoms with Crippen LogP contribution < -0.4 is 25.0 Å². The van der Waals surface area contributed by atoms with Gasteiger partial charge in [-0.15, -0.1) is 0 Å². The summed E-state index contributed by atoms with van der Waals surface area (Å²) >= 11 is 1.07. The number of benzene rings is 3. The van der Waals surface area contributed by atoms with Crippen LogP contribution in [0, 0.1) is 11.6 Å². The lowest BCUT2D eigenvalue weighted by molar-refractivity contribution is 0.0224. The summed E-state index contributed by atoms with van der Waals surface area (Å²) in [5, 5.41) is 3.52. The molecular formula is C32H26F2N4O7S. The van der Waals surface area contributed by atoms with Crippen molar-refractivity contribution in [1.29, 1.82) is 0 Å². The van der Waals surface area contributed by atoms with Gasteiger partial charge >= 0.3 is 6.09 Å². The van der Waals surface area contributed by atoms with E-state index in [0.29, 0.717) is 66.0 Å². The molecule has 3 aromatic carbocycles.